The molecule has 3 aliphatic rings. The van der Waals surface area contributed by atoms with E-state index in [2.05, 4.69) is 9.88 Å². The van der Waals surface area contributed by atoms with E-state index in [9.17, 15) is 0 Å². The largest absolute Gasteiger partial charge is 0.472 e. The van der Waals surface area contributed by atoms with Gasteiger partial charge in [0, 0.05) is 30.9 Å². The van der Waals surface area contributed by atoms with Gasteiger partial charge in [0.1, 0.15) is 12.2 Å². The second-order valence-corrected chi connectivity index (χ2v) is 6.13. The third-order valence-corrected chi connectivity index (χ3v) is 5.03. The number of pyridine rings is 1. The molecule has 4 heteroatoms. The first-order chi connectivity index (χ1) is 9.92. The molecule has 2 aliphatic carbocycles. The number of ether oxygens (including phenoxy) is 2. The summed E-state index contributed by atoms with van der Waals surface area (Å²) in [5, 5.41) is 0. The van der Waals surface area contributed by atoms with Crippen LogP contribution in [0.4, 0.5) is 0 Å². The third-order valence-electron chi connectivity index (χ3n) is 5.03. The number of hydrogen-bond donors (Lipinski definition) is 0. The van der Waals surface area contributed by atoms with Crippen LogP contribution in [0.3, 0.4) is 0 Å². The highest BCUT2D eigenvalue weighted by atomic mass is 16.5. The molecule has 1 aromatic rings. The number of morpholine rings is 1. The predicted molar refractivity (Wildman–Crippen MR) is 75.8 cm³/mol. The highest BCUT2D eigenvalue weighted by Crippen LogP contribution is 2.37. The van der Waals surface area contributed by atoms with E-state index < -0.39 is 0 Å². The van der Waals surface area contributed by atoms with E-state index in [0.29, 0.717) is 6.04 Å². The van der Waals surface area contributed by atoms with Crippen molar-refractivity contribution in [3.05, 3.63) is 24.4 Å². The van der Waals surface area contributed by atoms with E-state index >= 15 is 0 Å². The molecule has 20 heavy (non-hydrogen) atoms. The molecule has 1 aliphatic heterocycles. The first-order valence-corrected chi connectivity index (χ1v) is 7.87. The lowest BCUT2D eigenvalue weighted by molar-refractivity contribution is -0.110. The molecule has 1 aromatic heterocycles. The molecule has 0 radical (unpaired) electrons. The van der Waals surface area contributed by atoms with Crippen LogP contribution in [0.2, 0.25) is 0 Å². The van der Waals surface area contributed by atoms with Crippen LogP contribution in [-0.4, -0.2) is 47.3 Å². The molecule has 3 atom stereocenters. The average molecular weight is 274 g/mol. The maximum absolute atomic E-state index is 6.06. The molecule has 0 bridgehead atoms. The maximum atomic E-state index is 6.06. The van der Waals surface area contributed by atoms with Crippen molar-refractivity contribution in [2.75, 3.05) is 13.2 Å². The molecule has 0 N–H and O–H groups in total. The van der Waals surface area contributed by atoms with Crippen molar-refractivity contribution in [1.29, 1.82) is 0 Å². The minimum absolute atomic E-state index is 0.165. The number of hydrogen-bond acceptors (Lipinski definition) is 4. The quantitative estimate of drug-likeness (QED) is 0.846. The van der Waals surface area contributed by atoms with Crippen LogP contribution in [0.5, 0.6) is 5.88 Å². The first kappa shape index (κ1) is 12.6. The Bertz CT molecular complexity index is 449. The third kappa shape index (κ3) is 2.21. The van der Waals surface area contributed by atoms with Crippen LogP contribution >= 0.6 is 0 Å². The standard InChI is InChI=1S/C16H22N2O2/c1-2-9-17-15(6-1)20-14-8-7-13-16(14)19-11-10-18(13)12-4-3-5-12/h1-2,6,9,12-14,16H,3-5,7-8,10-11H2/t13-,14-,16+/m0/s1. The molecule has 0 spiro atoms. The fraction of sp³-hybridized carbons (Fsp3) is 0.688. The lowest BCUT2D eigenvalue weighted by Gasteiger charge is -2.46. The van der Waals surface area contributed by atoms with Gasteiger partial charge in [0.15, 0.2) is 0 Å². The zero-order valence-corrected chi connectivity index (χ0v) is 11.8. The predicted octanol–water partition coefficient (Wildman–Crippen LogP) is 2.24. The Morgan fingerprint density at radius 3 is 2.90 bits per heavy atom. The van der Waals surface area contributed by atoms with Gasteiger partial charge in [0.25, 0.3) is 0 Å². The summed E-state index contributed by atoms with van der Waals surface area (Å²) in [6.07, 6.45) is 8.58. The van der Waals surface area contributed by atoms with Crippen LogP contribution in [0, 0.1) is 0 Å². The highest BCUT2D eigenvalue weighted by molar-refractivity contribution is 5.11. The van der Waals surface area contributed by atoms with E-state index in [1.165, 1.54) is 25.7 Å². The van der Waals surface area contributed by atoms with E-state index in [0.717, 1.165) is 31.5 Å². The monoisotopic (exact) mass is 274 g/mol. The Labute approximate surface area is 120 Å². The Morgan fingerprint density at radius 1 is 1.20 bits per heavy atom. The van der Waals surface area contributed by atoms with Gasteiger partial charge in [0.05, 0.1) is 6.61 Å². The lowest BCUT2D eigenvalue weighted by atomic mass is 9.89. The summed E-state index contributed by atoms with van der Waals surface area (Å²) in [6.45, 7) is 1.95. The van der Waals surface area contributed by atoms with Gasteiger partial charge in [-0.1, -0.05) is 12.5 Å². The van der Waals surface area contributed by atoms with Crippen molar-refractivity contribution in [1.82, 2.24) is 9.88 Å². The summed E-state index contributed by atoms with van der Waals surface area (Å²) in [5.74, 6) is 0.725. The second-order valence-electron chi connectivity index (χ2n) is 6.13. The molecule has 2 saturated carbocycles. The first-order valence-electron chi connectivity index (χ1n) is 7.87. The van der Waals surface area contributed by atoms with E-state index in [1.54, 1.807) is 6.20 Å². The van der Waals surface area contributed by atoms with Crippen molar-refractivity contribution >= 4 is 0 Å². The molecule has 4 nitrogen and oxygen atoms in total. The van der Waals surface area contributed by atoms with Gasteiger partial charge in [-0.15, -0.1) is 0 Å². The summed E-state index contributed by atoms with van der Waals surface area (Å²) in [5.41, 5.74) is 0. The van der Waals surface area contributed by atoms with Crippen molar-refractivity contribution in [2.45, 2.75) is 56.4 Å². The summed E-state index contributed by atoms with van der Waals surface area (Å²) in [6, 6.07) is 7.18. The maximum Gasteiger partial charge on any atom is 0.213 e. The fourth-order valence-corrected chi connectivity index (χ4v) is 3.81. The van der Waals surface area contributed by atoms with Gasteiger partial charge in [-0.2, -0.15) is 0 Å². The van der Waals surface area contributed by atoms with Crippen molar-refractivity contribution in [3.63, 3.8) is 0 Å². The Morgan fingerprint density at radius 2 is 2.15 bits per heavy atom. The SMILES string of the molecule is c1ccc(O[C@H]2CC[C@H]3[C@H]2OCCN3C2CCC2)nc1. The van der Waals surface area contributed by atoms with Crippen molar-refractivity contribution in [2.24, 2.45) is 0 Å². The molecular formula is C16H22N2O2. The second kappa shape index (κ2) is 5.34. The minimum Gasteiger partial charge on any atom is -0.472 e. The number of rotatable bonds is 3. The zero-order valence-electron chi connectivity index (χ0n) is 11.8. The number of nitrogens with zero attached hydrogens (tertiary/aromatic N) is 2. The van der Waals surface area contributed by atoms with E-state index in [-0.39, 0.29) is 12.2 Å². The molecule has 4 rings (SSSR count). The minimum atomic E-state index is 0.165. The molecule has 1 saturated heterocycles. The van der Waals surface area contributed by atoms with Crippen LogP contribution < -0.4 is 4.74 Å². The zero-order chi connectivity index (χ0) is 13.4. The molecule has 108 valence electrons. The number of aromatic nitrogens is 1. The van der Waals surface area contributed by atoms with Gasteiger partial charge < -0.3 is 9.47 Å². The summed E-state index contributed by atoms with van der Waals surface area (Å²) < 4.78 is 12.1. The van der Waals surface area contributed by atoms with E-state index in [4.69, 9.17) is 9.47 Å². The Balaban J connectivity index is 1.45. The molecule has 2 heterocycles. The Kier molecular flexibility index (Phi) is 3.36. The molecule has 0 aromatic carbocycles. The normalized spacial score (nSPS) is 34.5. The smallest absolute Gasteiger partial charge is 0.213 e. The van der Waals surface area contributed by atoms with Gasteiger partial charge in [0.2, 0.25) is 5.88 Å². The van der Waals surface area contributed by atoms with Crippen molar-refractivity contribution in [3.8, 4) is 5.88 Å². The van der Waals surface area contributed by atoms with Gasteiger partial charge in [-0.05, 0) is 31.7 Å². The lowest BCUT2D eigenvalue weighted by Crippen LogP contribution is -2.57. The van der Waals surface area contributed by atoms with E-state index in [1.807, 2.05) is 18.2 Å². The topological polar surface area (TPSA) is 34.6 Å². The average Bonchev–Trinajstić information content (AvgIpc) is 2.83. The molecular weight excluding hydrogens is 252 g/mol. The van der Waals surface area contributed by atoms with Gasteiger partial charge >= 0.3 is 0 Å². The summed E-state index contributed by atoms with van der Waals surface area (Å²) >= 11 is 0. The molecule has 0 amide bonds. The van der Waals surface area contributed by atoms with Crippen LogP contribution in [0.25, 0.3) is 0 Å². The summed E-state index contributed by atoms with van der Waals surface area (Å²) in [4.78, 5) is 6.96. The van der Waals surface area contributed by atoms with Gasteiger partial charge in [-0.3, -0.25) is 4.90 Å². The Hall–Kier alpha value is -1.13. The van der Waals surface area contributed by atoms with Crippen LogP contribution in [0.15, 0.2) is 24.4 Å². The summed E-state index contributed by atoms with van der Waals surface area (Å²) in [7, 11) is 0. The molecule has 0 unspecified atom stereocenters. The number of fused-ring (bicyclic) bond motifs is 1. The highest BCUT2D eigenvalue weighted by Gasteiger charge is 2.46. The van der Waals surface area contributed by atoms with Gasteiger partial charge in [-0.25, -0.2) is 4.98 Å². The molecule has 3 fully saturated rings. The van der Waals surface area contributed by atoms with Crippen molar-refractivity contribution < 1.29 is 9.47 Å². The van der Waals surface area contributed by atoms with Crippen LogP contribution in [0.1, 0.15) is 32.1 Å². The van der Waals surface area contributed by atoms with Crippen LogP contribution in [-0.2, 0) is 4.74 Å². The fourth-order valence-electron chi connectivity index (χ4n) is 3.81.